The summed E-state index contributed by atoms with van der Waals surface area (Å²) in [5.41, 5.74) is 2.23. The minimum Gasteiger partial charge on any atom is -0.474 e. The first-order chi connectivity index (χ1) is 12.5. The normalized spacial score (nSPS) is 20.7. The smallest absolute Gasteiger partial charge is 0.240 e. The number of nitrogens with zero attached hydrogens (tertiary/aromatic N) is 1. The molecule has 1 heterocycles. The van der Waals surface area contributed by atoms with E-state index in [0.29, 0.717) is 10.8 Å². The Morgan fingerprint density at radius 3 is 2.35 bits per heavy atom. The summed E-state index contributed by atoms with van der Waals surface area (Å²) in [7, 11) is -3.47. The summed E-state index contributed by atoms with van der Waals surface area (Å²) < 4.78 is 33.9. The standard InChI is InChI=1S/C20H26N2O3S/c1-3-16-5-11-19(12-6-16)26(23,24)22-17-7-9-18(10-8-17)25-20-13-4-15(2)14-21-20/h4-6,11-14,17-18,22H,3,7-10H2,1-2H3. The number of ether oxygens (including phenoxy) is 1. The van der Waals surface area contributed by atoms with Crippen LogP contribution in [-0.4, -0.2) is 25.5 Å². The van der Waals surface area contributed by atoms with Crippen LogP contribution in [0.4, 0.5) is 0 Å². The van der Waals surface area contributed by atoms with Gasteiger partial charge in [-0.2, -0.15) is 0 Å². The zero-order chi connectivity index (χ0) is 18.6. The maximum atomic E-state index is 12.6. The summed E-state index contributed by atoms with van der Waals surface area (Å²) >= 11 is 0. The Bertz CT molecular complexity index is 809. The zero-order valence-corrected chi connectivity index (χ0v) is 16.1. The van der Waals surface area contributed by atoms with Gasteiger partial charge in [0.2, 0.25) is 15.9 Å². The fourth-order valence-electron chi connectivity index (χ4n) is 3.19. The third-order valence-electron chi connectivity index (χ3n) is 4.81. The molecule has 0 unspecified atom stereocenters. The number of benzene rings is 1. The Hall–Kier alpha value is -1.92. The Morgan fingerprint density at radius 1 is 1.08 bits per heavy atom. The molecule has 1 aromatic carbocycles. The molecule has 1 aliphatic rings. The fourth-order valence-corrected chi connectivity index (χ4v) is 4.49. The molecule has 1 saturated carbocycles. The predicted octanol–water partition coefficient (Wildman–Crippen LogP) is 3.62. The quantitative estimate of drug-likeness (QED) is 0.838. The van der Waals surface area contributed by atoms with Gasteiger partial charge >= 0.3 is 0 Å². The minimum absolute atomic E-state index is 0.0447. The maximum Gasteiger partial charge on any atom is 0.240 e. The lowest BCUT2D eigenvalue weighted by atomic mass is 9.94. The molecule has 3 rings (SSSR count). The van der Waals surface area contributed by atoms with Crippen molar-refractivity contribution in [2.75, 3.05) is 0 Å². The molecule has 6 heteroatoms. The molecule has 0 spiro atoms. The first-order valence-corrected chi connectivity index (χ1v) is 10.6. The van der Waals surface area contributed by atoms with E-state index in [1.165, 1.54) is 0 Å². The summed E-state index contributed by atoms with van der Waals surface area (Å²) in [6.07, 6.45) is 5.95. The van der Waals surface area contributed by atoms with Crippen LogP contribution in [0.1, 0.15) is 43.7 Å². The zero-order valence-electron chi connectivity index (χ0n) is 15.3. The summed E-state index contributed by atoms with van der Waals surface area (Å²) in [5, 5.41) is 0. The van der Waals surface area contributed by atoms with Gasteiger partial charge < -0.3 is 4.74 Å². The second-order valence-electron chi connectivity index (χ2n) is 6.88. The molecule has 140 valence electrons. The van der Waals surface area contributed by atoms with Crippen LogP contribution in [0.2, 0.25) is 0 Å². The highest BCUT2D eigenvalue weighted by Crippen LogP contribution is 2.24. The average Bonchev–Trinajstić information content (AvgIpc) is 2.65. The lowest BCUT2D eigenvalue weighted by Gasteiger charge is -2.29. The monoisotopic (exact) mass is 374 g/mol. The number of aromatic nitrogens is 1. The van der Waals surface area contributed by atoms with Crippen molar-refractivity contribution in [2.24, 2.45) is 0 Å². The van der Waals surface area contributed by atoms with Crippen molar-refractivity contribution in [1.29, 1.82) is 0 Å². The van der Waals surface area contributed by atoms with Gasteiger partial charge in [0.05, 0.1) is 4.90 Å². The average molecular weight is 375 g/mol. The Balaban J connectivity index is 1.53. The second-order valence-corrected chi connectivity index (χ2v) is 8.60. The molecule has 0 amide bonds. The van der Waals surface area contributed by atoms with Gasteiger partial charge in [-0.1, -0.05) is 25.1 Å². The Labute approximate surface area is 155 Å². The second kappa shape index (κ2) is 8.18. The van der Waals surface area contributed by atoms with Gasteiger partial charge in [-0.05, 0) is 62.3 Å². The van der Waals surface area contributed by atoms with Crippen LogP contribution in [0.25, 0.3) is 0 Å². The van der Waals surface area contributed by atoms with Gasteiger partial charge in [0, 0.05) is 18.3 Å². The van der Waals surface area contributed by atoms with Crippen molar-refractivity contribution < 1.29 is 13.2 Å². The van der Waals surface area contributed by atoms with E-state index < -0.39 is 10.0 Å². The van der Waals surface area contributed by atoms with Crippen LogP contribution in [0.3, 0.4) is 0 Å². The number of sulfonamides is 1. The van der Waals surface area contributed by atoms with E-state index in [1.807, 2.05) is 31.2 Å². The molecule has 0 saturated heterocycles. The third kappa shape index (κ3) is 4.83. The van der Waals surface area contributed by atoms with Crippen molar-refractivity contribution in [1.82, 2.24) is 9.71 Å². The van der Waals surface area contributed by atoms with Crippen LogP contribution in [0.15, 0.2) is 47.5 Å². The number of rotatable bonds is 6. The van der Waals surface area contributed by atoms with Crippen LogP contribution in [0.5, 0.6) is 5.88 Å². The first-order valence-electron chi connectivity index (χ1n) is 9.17. The lowest BCUT2D eigenvalue weighted by molar-refractivity contribution is 0.138. The molecule has 1 fully saturated rings. The van der Waals surface area contributed by atoms with Crippen molar-refractivity contribution in [3.05, 3.63) is 53.7 Å². The molecular weight excluding hydrogens is 348 g/mol. The largest absolute Gasteiger partial charge is 0.474 e. The predicted molar refractivity (Wildman–Crippen MR) is 102 cm³/mol. The van der Waals surface area contributed by atoms with Crippen molar-refractivity contribution in [2.45, 2.75) is 63.0 Å². The number of pyridine rings is 1. The van der Waals surface area contributed by atoms with Crippen molar-refractivity contribution in [3.63, 3.8) is 0 Å². The molecule has 1 aliphatic carbocycles. The van der Waals surface area contributed by atoms with E-state index in [4.69, 9.17) is 4.74 Å². The van der Waals surface area contributed by atoms with Crippen molar-refractivity contribution >= 4 is 10.0 Å². The van der Waals surface area contributed by atoms with Crippen LogP contribution >= 0.6 is 0 Å². The number of hydrogen-bond acceptors (Lipinski definition) is 4. The van der Waals surface area contributed by atoms with Gasteiger partial charge in [0.15, 0.2) is 0 Å². The van der Waals surface area contributed by atoms with E-state index in [-0.39, 0.29) is 12.1 Å². The third-order valence-corrected chi connectivity index (χ3v) is 6.35. The topological polar surface area (TPSA) is 68.3 Å². The van der Waals surface area contributed by atoms with E-state index in [0.717, 1.165) is 43.2 Å². The molecule has 1 aromatic heterocycles. The molecule has 5 nitrogen and oxygen atoms in total. The summed E-state index contributed by atoms with van der Waals surface area (Å²) in [6.45, 7) is 4.04. The van der Waals surface area contributed by atoms with Crippen LogP contribution in [-0.2, 0) is 16.4 Å². The Morgan fingerprint density at radius 2 is 1.77 bits per heavy atom. The summed E-state index contributed by atoms with van der Waals surface area (Å²) in [5.74, 6) is 0.635. The lowest BCUT2D eigenvalue weighted by Crippen LogP contribution is -2.39. The molecule has 0 radical (unpaired) electrons. The highest BCUT2D eigenvalue weighted by atomic mass is 32.2. The highest BCUT2D eigenvalue weighted by molar-refractivity contribution is 7.89. The van der Waals surface area contributed by atoms with Gasteiger partial charge in [0.1, 0.15) is 6.10 Å². The fraction of sp³-hybridized carbons (Fsp3) is 0.450. The van der Waals surface area contributed by atoms with Gasteiger partial charge in [-0.25, -0.2) is 18.1 Å². The van der Waals surface area contributed by atoms with E-state index in [1.54, 1.807) is 18.3 Å². The SMILES string of the molecule is CCc1ccc(S(=O)(=O)NC2CCC(Oc3ccc(C)cn3)CC2)cc1. The summed E-state index contributed by atoms with van der Waals surface area (Å²) in [4.78, 5) is 4.60. The van der Waals surface area contributed by atoms with E-state index in [9.17, 15) is 8.42 Å². The van der Waals surface area contributed by atoms with E-state index in [2.05, 4.69) is 16.6 Å². The van der Waals surface area contributed by atoms with Gasteiger partial charge in [-0.15, -0.1) is 0 Å². The highest BCUT2D eigenvalue weighted by Gasteiger charge is 2.26. The molecule has 26 heavy (non-hydrogen) atoms. The molecule has 0 atom stereocenters. The number of aryl methyl sites for hydroxylation is 2. The first kappa shape index (κ1) is 18.9. The van der Waals surface area contributed by atoms with Crippen molar-refractivity contribution in [3.8, 4) is 5.88 Å². The molecule has 2 aromatic rings. The maximum absolute atomic E-state index is 12.6. The minimum atomic E-state index is -3.47. The van der Waals surface area contributed by atoms with Crippen LogP contribution < -0.4 is 9.46 Å². The van der Waals surface area contributed by atoms with Crippen LogP contribution in [0, 0.1) is 6.92 Å². The number of hydrogen-bond donors (Lipinski definition) is 1. The van der Waals surface area contributed by atoms with Gasteiger partial charge in [-0.3, -0.25) is 0 Å². The number of nitrogens with one attached hydrogen (secondary N) is 1. The molecule has 0 bridgehead atoms. The molecule has 0 aliphatic heterocycles. The summed E-state index contributed by atoms with van der Waals surface area (Å²) in [6, 6.07) is 10.9. The molecular formula is C20H26N2O3S. The molecule has 1 N–H and O–H groups in total. The Kier molecular flexibility index (Phi) is 5.94. The van der Waals surface area contributed by atoms with Gasteiger partial charge in [0.25, 0.3) is 0 Å². The van der Waals surface area contributed by atoms with E-state index >= 15 is 0 Å².